The maximum atomic E-state index is 12.9. The Morgan fingerprint density at radius 2 is 1.74 bits per heavy atom. The highest BCUT2D eigenvalue weighted by molar-refractivity contribution is 6.74. The van der Waals surface area contributed by atoms with Gasteiger partial charge in [0.2, 0.25) is 0 Å². The summed E-state index contributed by atoms with van der Waals surface area (Å²) in [7, 11) is 1.07. The van der Waals surface area contributed by atoms with Crippen LogP contribution in [0.5, 0.6) is 11.5 Å². The first kappa shape index (κ1) is 31.0. The standard InChI is InChI=1S/C25H40F3NO5Si/c1-24(2,3)35(6,7)34-16-9-8-11-19(30)12-10-13-20(29-23(31)25(26,27)28)18-14-15-21(32-4)22(17-18)33-5/h10,12,14-15,17,19-20,30H,8-9,11,13,16H2,1-7H3,(H,29,31)/b12-10+. The number of amides is 1. The van der Waals surface area contributed by atoms with E-state index < -0.39 is 32.5 Å². The summed E-state index contributed by atoms with van der Waals surface area (Å²) in [5, 5.41) is 12.4. The van der Waals surface area contributed by atoms with E-state index in [0.717, 1.165) is 12.8 Å². The van der Waals surface area contributed by atoms with Gasteiger partial charge in [0, 0.05) is 6.61 Å². The number of hydrogen-bond donors (Lipinski definition) is 2. The highest BCUT2D eigenvalue weighted by atomic mass is 28.4. The number of aliphatic hydroxyl groups excluding tert-OH is 1. The molecule has 1 aromatic rings. The predicted molar refractivity (Wildman–Crippen MR) is 133 cm³/mol. The van der Waals surface area contributed by atoms with Crippen LogP contribution in [0.3, 0.4) is 0 Å². The van der Waals surface area contributed by atoms with E-state index in [2.05, 4.69) is 33.9 Å². The summed E-state index contributed by atoms with van der Waals surface area (Å²) in [5.74, 6) is -1.28. The van der Waals surface area contributed by atoms with Crippen molar-refractivity contribution >= 4 is 14.2 Å². The first-order valence-corrected chi connectivity index (χ1v) is 14.6. The van der Waals surface area contributed by atoms with Gasteiger partial charge in [0.1, 0.15) is 0 Å². The molecule has 1 rings (SSSR count). The number of methoxy groups -OCH3 is 2. The number of carbonyl (C=O) groups is 1. The Bertz CT molecular complexity index is 837. The number of carbonyl (C=O) groups excluding carboxylic acids is 1. The van der Waals surface area contributed by atoms with E-state index in [-0.39, 0.29) is 11.5 Å². The Morgan fingerprint density at radius 3 is 2.29 bits per heavy atom. The van der Waals surface area contributed by atoms with E-state index in [0.29, 0.717) is 30.1 Å². The Kier molecular flexibility index (Phi) is 11.8. The van der Waals surface area contributed by atoms with Gasteiger partial charge in [-0.25, -0.2) is 0 Å². The van der Waals surface area contributed by atoms with E-state index in [1.807, 2.05) is 5.32 Å². The van der Waals surface area contributed by atoms with Gasteiger partial charge in [0.15, 0.2) is 19.8 Å². The maximum absolute atomic E-state index is 12.9. The lowest BCUT2D eigenvalue weighted by Crippen LogP contribution is -2.40. The van der Waals surface area contributed by atoms with E-state index in [1.54, 1.807) is 24.3 Å². The minimum Gasteiger partial charge on any atom is -0.493 e. The zero-order chi connectivity index (χ0) is 26.9. The molecule has 10 heteroatoms. The fourth-order valence-corrected chi connectivity index (χ4v) is 4.14. The summed E-state index contributed by atoms with van der Waals surface area (Å²) < 4.78 is 55.1. The van der Waals surface area contributed by atoms with Crippen molar-refractivity contribution in [2.45, 2.75) is 82.9 Å². The van der Waals surface area contributed by atoms with Gasteiger partial charge in [0.25, 0.3) is 0 Å². The molecule has 0 spiro atoms. The Morgan fingerprint density at radius 1 is 1.11 bits per heavy atom. The molecular weight excluding hydrogens is 479 g/mol. The van der Waals surface area contributed by atoms with E-state index in [4.69, 9.17) is 13.9 Å². The SMILES string of the molecule is COc1ccc(C(C/C=C/C(O)CCCCO[Si](C)(C)C(C)(C)C)NC(=O)C(F)(F)F)cc1OC. The molecule has 2 unspecified atom stereocenters. The van der Waals surface area contributed by atoms with Crippen molar-refractivity contribution in [1.82, 2.24) is 5.32 Å². The quantitative estimate of drug-likeness (QED) is 0.192. The van der Waals surface area contributed by atoms with Crippen molar-refractivity contribution < 1.29 is 37.0 Å². The molecule has 0 bridgehead atoms. The van der Waals surface area contributed by atoms with E-state index in [1.165, 1.54) is 20.3 Å². The monoisotopic (exact) mass is 519 g/mol. The van der Waals surface area contributed by atoms with Gasteiger partial charge >= 0.3 is 12.1 Å². The van der Waals surface area contributed by atoms with Crippen LogP contribution in [0.2, 0.25) is 18.1 Å². The van der Waals surface area contributed by atoms with E-state index in [9.17, 15) is 23.1 Å². The zero-order valence-corrected chi connectivity index (χ0v) is 22.8. The van der Waals surface area contributed by atoms with Crippen molar-refractivity contribution in [1.29, 1.82) is 0 Å². The van der Waals surface area contributed by atoms with Gasteiger partial charge in [-0.15, -0.1) is 0 Å². The molecule has 0 radical (unpaired) electrons. The van der Waals surface area contributed by atoms with Crippen molar-refractivity contribution in [2.75, 3.05) is 20.8 Å². The maximum Gasteiger partial charge on any atom is 0.471 e. The second kappa shape index (κ2) is 13.3. The molecule has 0 aliphatic carbocycles. The van der Waals surface area contributed by atoms with Gasteiger partial charge < -0.3 is 24.3 Å². The molecule has 200 valence electrons. The number of benzene rings is 1. The zero-order valence-electron chi connectivity index (χ0n) is 21.8. The largest absolute Gasteiger partial charge is 0.493 e. The molecule has 1 amide bonds. The van der Waals surface area contributed by atoms with Gasteiger partial charge in [-0.05, 0) is 61.5 Å². The number of rotatable bonds is 13. The number of ether oxygens (including phenoxy) is 2. The number of halogens is 3. The Hall–Kier alpha value is -2.04. The fraction of sp³-hybridized carbons (Fsp3) is 0.640. The molecule has 35 heavy (non-hydrogen) atoms. The molecule has 0 aromatic heterocycles. The highest BCUT2D eigenvalue weighted by Crippen LogP contribution is 2.36. The van der Waals surface area contributed by atoms with Crippen LogP contribution >= 0.6 is 0 Å². The second-order valence-corrected chi connectivity index (χ2v) is 14.8. The first-order chi connectivity index (χ1) is 16.1. The first-order valence-electron chi connectivity index (χ1n) is 11.7. The Balaban J connectivity index is 2.72. The van der Waals surface area contributed by atoms with Crippen molar-refractivity contribution in [2.24, 2.45) is 0 Å². The molecule has 1 aromatic carbocycles. The molecule has 2 atom stereocenters. The lowest BCUT2D eigenvalue weighted by molar-refractivity contribution is -0.174. The predicted octanol–water partition coefficient (Wildman–Crippen LogP) is 5.92. The van der Waals surface area contributed by atoms with Gasteiger partial charge in [0.05, 0.1) is 26.4 Å². The van der Waals surface area contributed by atoms with Crippen molar-refractivity contribution in [3.8, 4) is 11.5 Å². The van der Waals surface area contributed by atoms with Crippen molar-refractivity contribution in [3.63, 3.8) is 0 Å². The van der Waals surface area contributed by atoms with Crippen LogP contribution in [0.4, 0.5) is 13.2 Å². The average molecular weight is 520 g/mol. The molecule has 0 aliphatic heterocycles. The number of aliphatic hydroxyl groups is 1. The molecule has 6 nitrogen and oxygen atoms in total. The summed E-state index contributed by atoms with van der Waals surface area (Å²) in [5.41, 5.74) is 0.419. The van der Waals surface area contributed by atoms with E-state index >= 15 is 0 Å². The number of nitrogens with one attached hydrogen (secondary N) is 1. The minimum atomic E-state index is -5.01. The summed E-state index contributed by atoms with van der Waals surface area (Å²) in [6.45, 7) is 11.6. The summed E-state index contributed by atoms with van der Waals surface area (Å²) >= 11 is 0. The lowest BCUT2D eigenvalue weighted by atomic mass is 10.0. The van der Waals surface area contributed by atoms with Gasteiger partial charge in [-0.1, -0.05) is 39.0 Å². The third-order valence-corrected chi connectivity index (χ3v) is 10.8. The number of unbranched alkanes of at least 4 members (excludes halogenated alkanes) is 1. The topological polar surface area (TPSA) is 77.0 Å². The van der Waals surface area contributed by atoms with Crippen LogP contribution in [0.25, 0.3) is 0 Å². The molecule has 0 saturated heterocycles. The van der Waals surface area contributed by atoms with Crippen molar-refractivity contribution in [3.05, 3.63) is 35.9 Å². The molecular formula is C25H40F3NO5Si. The number of hydrogen-bond acceptors (Lipinski definition) is 5. The third-order valence-electron chi connectivity index (χ3n) is 6.27. The smallest absolute Gasteiger partial charge is 0.471 e. The van der Waals surface area contributed by atoms with Crippen LogP contribution in [-0.4, -0.2) is 52.4 Å². The second-order valence-electron chi connectivity index (χ2n) is 9.97. The van der Waals surface area contributed by atoms with Gasteiger partial charge in [-0.2, -0.15) is 13.2 Å². The molecule has 0 heterocycles. The normalized spacial score (nSPS) is 14.6. The minimum absolute atomic E-state index is 0.0584. The summed E-state index contributed by atoms with van der Waals surface area (Å²) in [4.78, 5) is 11.6. The molecule has 2 N–H and O–H groups in total. The Labute approximate surface area is 208 Å². The molecule has 0 fully saturated rings. The van der Waals surface area contributed by atoms with Crippen LogP contribution in [0, 0.1) is 0 Å². The van der Waals surface area contributed by atoms with Gasteiger partial charge in [-0.3, -0.25) is 4.79 Å². The average Bonchev–Trinajstić information content (AvgIpc) is 2.76. The fourth-order valence-electron chi connectivity index (χ4n) is 3.06. The third kappa shape index (κ3) is 10.2. The number of alkyl halides is 3. The lowest BCUT2D eigenvalue weighted by Gasteiger charge is -2.36. The van der Waals surface area contributed by atoms with Crippen LogP contribution in [-0.2, 0) is 9.22 Å². The summed E-state index contributed by atoms with van der Waals surface area (Å²) in [6.07, 6.45) is -0.498. The molecule has 0 aliphatic rings. The highest BCUT2D eigenvalue weighted by Gasteiger charge is 2.40. The van der Waals surface area contributed by atoms with Crippen LogP contribution in [0.1, 0.15) is 58.1 Å². The van der Waals surface area contributed by atoms with Crippen LogP contribution < -0.4 is 14.8 Å². The molecule has 0 saturated carbocycles. The summed E-state index contributed by atoms with van der Waals surface area (Å²) in [6, 6.07) is 3.68. The van der Waals surface area contributed by atoms with Crippen LogP contribution in [0.15, 0.2) is 30.4 Å².